The van der Waals surface area contributed by atoms with Gasteiger partial charge in [-0.15, -0.1) is 0 Å². The van der Waals surface area contributed by atoms with Gasteiger partial charge in [-0.05, 0) is 30.2 Å². The van der Waals surface area contributed by atoms with Crippen molar-refractivity contribution in [3.05, 3.63) is 91.3 Å². The Kier molecular flexibility index (Phi) is 3.74. The van der Waals surface area contributed by atoms with Crippen molar-refractivity contribution < 1.29 is 4.92 Å². The molecule has 4 rings (SSSR count). The molecule has 0 aliphatic rings. The van der Waals surface area contributed by atoms with E-state index in [1.807, 2.05) is 24.3 Å². The summed E-state index contributed by atoms with van der Waals surface area (Å²) in [5.41, 5.74) is 4.07. The third-order valence-electron chi connectivity index (χ3n) is 4.79. The van der Waals surface area contributed by atoms with Crippen molar-refractivity contribution in [1.82, 2.24) is 9.38 Å². The summed E-state index contributed by atoms with van der Waals surface area (Å²) in [7, 11) is 0. The summed E-state index contributed by atoms with van der Waals surface area (Å²) < 4.78 is 1.53. The van der Waals surface area contributed by atoms with Gasteiger partial charge in [0.15, 0.2) is 0 Å². The van der Waals surface area contributed by atoms with Crippen LogP contribution in [0.4, 0.5) is 5.69 Å². The summed E-state index contributed by atoms with van der Waals surface area (Å²) in [4.78, 5) is 26.7. The number of rotatable bonds is 3. The van der Waals surface area contributed by atoms with E-state index < -0.39 is 4.92 Å². The Morgan fingerprint density at radius 3 is 2.56 bits per heavy atom. The fourth-order valence-corrected chi connectivity index (χ4v) is 3.37. The molecule has 0 aliphatic carbocycles. The number of benzene rings is 2. The minimum absolute atomic E-state index is 0.00279. The van der Waals surface area contributed by atoms with E-state index in [0.717, 1.165) is 11.1 Å². The lowest BCUT2D eigenvalue weighted by atomic mass is 9.99. The molecular weight excluding hydrogens is 344 g/mol. The van der Waals surface area contributed by atoms with E-state index in [0.29, 0.717) is 34.3 Å². The minimum Gasteiger partial charge on any atom is -0.338 e. The molecule has 0 saturated heterocycles. The molecule has 0 radical (unpaired) electrons. The number of aromatic amines is 1. The second kappa shape index (κ2) is 6.11. The monoisotopic (exact) mass is 358 g/mol. The van der Waals surface area contributed by atoms with Gasteiger partial charge in [0.1, 0.15) is 11.7 Å². The molecule has 2 aromatic heterocycles. The average Bonchev–Trinajstić information content (AvgIpc) is 3.05. The Labute approximate surface area is 153 Å². The summed E-state index contributed by atoms with van der Waals surface area (Å²) in [6, 6.07) is 15.7. The molecule has 27 heavy (non-hydrogen) atoms. The summed E-state index contributed by atoms with van der Waals surface area (Å²) in [5, 5.41) is 20.5. The smallest absolute Gasteiger partial charge is 0.269 e. The van der Waals surface area contributed by atoms with Gasteiger partial charge in [0.25, 0.3) is 11.2 Å². The number of fused-ring (bicyclic) bond motifs is 3. The Morgan fingerprint density at radius 2 is 1.89 bits per heavy atom. The molecule has 132 valence electrons. The maximum absolute atomic E-state index is 13.2. The van der Waals surface area contributed by atoms with Crippen LogP contribution in [0.2, 0.25) is 0 Å². The van der Waals surface area contributed by atoms with Gasteiger partial charge in [0, 0.05) is 24.1 Å². The second-order valence-corrected chi connectivity index (χ2v) is 6.32. The Hall–Kier alpha value is -3.92. The molecule has 0 bridgehead atoms. The first kappa shape index (κ1) is 16.5. The van der Waals surface area contributed by atoms with Crippen molar-refractivity contribution in [2.75, 3.05) is 0 Å². The molecule has 4 aromatic rings. The number of nitriles is 1. The van der Waals surface area contributed by atoms with Crippen LogP contribution in [-0.4, -0.2) is 14.3 Å². The maximum atomic E-state index is 13.2. The fraction of sp³-hybridized carbons (Fsp3) is 0.100. The average molecular weight is 358 g/mol. The number of nitro benzene ring substituents is 1. The molecule has 2 aromatic carbocycles. The van der Waals surface area contributed by atoms with E-state index in [4.69, 9.17) is 0 Å². The highest BCUT2D eigenvalue weighted by molar-refractivity contribution is 5.83. The van der Waals surface area contributed by atoms with Crippen LogP contribution in [-0.2, 0) is 6.42 Å². The van der Waals surface area contributed by atoms with E-state index in [1.165, 1.54) is 16.5 Å². The summed E-state index contributed by atoms with van der Waals surface area (Å²) in [6.45, 7) is 1.76. The molecule has 0 saturated carbocycles. The first-order valence-corrected chi connectivity index (χ1v) is 8.29. The van der Waals surface area contributed by atoms with Crippen LogP contribution in [0.1, 0.15) is 22.3 Å². The van der Waals surface area contributed by atoms with Crippen LogP contribution in [0.25, 0.3) is 16.7 Å². The molecule has 0 unspecified atom stereocenters. The van der Waals surface area contributed by atoms with Crippen LogP contribution < -0.4 is 5.56 Å². The second-order valence-electron chi connectivity index (χ2n) is 6.32. The number of para-hydroxylation sites is 2. The Balaban J connectivity index is 1.95. The highest BCUT2D eigenvalue weighted by Crippen LogP contribution is 2.23. The van der Waals surface area contributed by atoms with E-state index in [2.05, 4.69) is 11.1 Å². The van der Waals surface area contributed by atoms with Crippen molar-refractivity contribution in [1.29, 1.82) is 5.26 Å². The highest BCUT2D eigenvalue weighted by atomic mass is 16.6. The van der Waals surface area contributed by atoms with Crippen LogP contribution in [0, 0.1) is 28.4 Å². The SMILES string of the molecule is Cc1c(Cc2ccc([N+](=O)[O-])cc2)c(=O)n2c([nH]c3ccccc32)c1C#N. The number of pyridine rings is 1. The van der Waals surface area contributed by atoms with E-state index in [-0.39, 0.29) is 11.2 Å². The van der Waals surface area contributed by atoms with E-state index in [9.17, 15) is 20.2 Å². The summed E-state index contributed by atoms with van der Waals surface area (Å²) in [6.07, 6.45) is 0.291. The third-order valence-corrected chi connectivity index (χ3v) is 4.79. The number of H-pyrrole nitrogens is 1. The van der Waals surface area contributed by atoms with Crippen LogP contribution in [0.3, 0.4) is 0 Å². The lowest BCUT2D eigenvalue weighted by molar-refractivity contribution is -0.384. The van der Waals surface area contributed by atoms with E-state index in [1.54, 1.807) is 19.1 Å². The van der Waals surface area contributed by atoms with Crippen molar-refractivity contribution in [3.8, 4) is 6.07 Å². The van der Waals surface area contributed by atoms with E-state index >= 15 is 0 Å². The zero-order valence-corrected chi connectivity index (χ0v) is 14.4. The van der Waals surface area contributed by atoms with Gasteiger partial charge >= 0.3 is 0 Å². The highest BCUT2D eigenvalue weighted by Gasteiger charge is 2.18. The van der Waals surface area contributed by atoms with Gasteiger partial charge < -0.3 is 4.98 Å². The van der Waals surface area contributed by atoms with Crippen molar-refractivity contribution >= 4 is 22.4 Å². The first-order valence-electron chi connectivity index (χ1n) is 8.29. The molecule has 2 heterocycles. The topological polar surface area (TPSA) is 104 Å². The molecule has 0 fully saturated rings. The fourth-order valence-electron chi connectivity index (χ4n) is 3.37. The predicted octanol–water partition coefficient (Wildman–Crippen LogP) is 3.46. The van der Waals surface area contributed by atoms with Gasteiger partial charge in [0.2, 0.25) is 0 Å². The third kappa shape index (κ3) is 2.55. The maximum Gasteiger partial charge on any atom is 0.269 e. The van der Waals surface area contributed by atoms with Crippen LogP contribution in [0.5, 0.6) is 0 Å². The molecule has 0 aliphatic heterocycles. The number of nitrogens with one attached hydrogen (secondary N) is 1. The number of hydrogen-bond donors (Lipinski definition) is 1. The number of hydrogen-bond acceptors (Lipinski definition) is 4. The summed E-state index contributed by atoms with van der Waals surface area (Å²) >= 11 is 0. The molecule has 0 amide bonds. The zero-order chi connectivity index (χ0) is 19.1. The summed E-state index contributed by atoms with van der Waals surface area (Å²) in [5.74, 6) is 0. The Bertz CT molecular complexity index is 1310. The lowest BCUT2D eigenvalue weighted by Crippen LogP contribution is -2.21. The van der Waals surface area contributed by atoms with Gasteiger partial charge in [-0.2, -0.15) is 5.26 Å². The largest absolute Gasteiger partial charge is 0.338 e. The molecule has 7 nitrogen and oxygen atoms in total. The van der Waals surface area contributed by atoms with Gasteiger partial charge in [-0.25, -0.2) is 0 Å². The van der Waals surface area contributed by atoms with Gasteiger partial charge in [0.05, 0.1) is 21.5 Å². The molecule has 0 spiro atoms. The molecule has 7 heteroatoms. The zero-order valence-electron chi connectivity index (χ0n) is 14.4. The van der Waals surface area contributed by atoms with Crippen molar-refractivity contribution in [2.45, 2.75) is 13.3 Å². The standard InChI is InChI=1S/C20H14N4O3/c1-12-15(10-13-6-8-14(9-7-13)24(26)27)20(25)23-18-5-3-2-4-17(18)22-19(23)16(12)11-21/h2-9,22H,10H2,1H3. The van der Waals surface area contributed by atoms with Crippen molar-refractivity contribution in [3.63, 3.8) is 0 Å². The predicted molar refractivity (Wildman–Crippen MR) is 101 cm³/mol. The van der Waals surface area contributed by atoms with Crippen molar-refractivity contribution in [2.24, 2.45) is 0 Å². The molecular formula is C20H14N4O3. The number of aromatic nitrogens is 2. The first-order chi connectivity index (χ1) is 13.0. The molecule has 0 atom stereocenters. The minimum atomic E-state index is -0.463. The van der Waals surface area contributed by atoms with Crippen LogP contribution >= 0.6 is 0 Å². The normalized spacial score (nSPS) is 11.0. The number of nitro groups is 1. The van der Waals surface area contributed by atoms with Gasteiger partial charge in [-0.3, -0.25) is 19.3 Å². The van der Waals surface area contributed by atoms with Crippen LogP contribution in [0.15, 0.2) is 53.3 Å². The van der Waals surface area contributed by atoms with Gasteiger partial charge in [-0.1, -0.05) is 24.3 Å². The number of nitrogens with zero attached hydrogens (tertiary/aromatic N) is 3. The quantitative estimate of drug-likeness (QED) is 0.447. The Morgan fingerprint density at radius 1 is 1.19 bits per heavy atom. The number of non-ortho nitro benzene ring substituents is 1. The molecule has 1 N–H and O–H groups in total. The number of imidazole rings is 1. The lowest BCUT2D eigenvalue weighted by Gasteiger charge is -2.09.